The summed E-state index contributed by atoms with van der Waals surface area (Å²) in [4.78, 5) is 21.1. The van der Waals surface area contributed by atoms with Gasteiger partial charge >= 0.3 is 0 Å². The summed E-state index contributed by atoms with van der Waals surface area (Å²) in [6.07, 6.45) is 1.88. The molecular formula is C18H21N5O. The number of carbonyl (C=O) groups excluding carboxylic acids is 1. The van der Waals surface area contributed by atoms with E-state index in [4.69, 9.17) is 5.73 Å². The summed E-state index contributed by atoms with van der Waals surface area (Å²) in [5, 5.41) is 4.39. The number of aromatic nitrogens is 2. The second-order valence-electron chi connectivity index (χ2n) is 5.97. The Bertz CT molecular complexity index is 851. The number of pyridine rings is 1. The number of hydrogen-bond acceptors (Lipinski definition) is 4. The van der Waals surface area contributed by atoms with Crippen LogP contribution in [0.4, 0.5) is 5.82 Å². The van der Waals surface area contributed by atoms with Crippen molar-refractivity contribution in [3.63, 3.8) is 0 Å². The van der Waals surface area contributed by atoms with Gasteiger partial charge in [-0.3, -0.25) is 4.79 Å². The van der Waals surface area contributed by atoms with Gasteiger partial charge in [-0.15, -0.1) is 0 Å². The molecule has 0 saturated carbocycles. The molecule has 4 N–H and O–H groups in total. The van der Waals surface area contributed by atoms with Gasteiger partial charge in [0.05, 0.1) is 0 Å². The lowest BCUT2D eigenvalue weighted by Gasteiger charge is -2.12. The lowest BCUT2D eigenvalue weighted by atomic mass is 10.0. The third-order valence-corrected chi connectivity index (χ3v) is 3.87. The molecule has 1 aromatic carbocycles. The van der Waals surface area contributed by atoms with Crippen LogP contribution >= 0.6 is 0 Å². The van der Waals surface area contributed by atoms with Crippen molar-refractivity contribution in [2.24, 2.45) is 5.73 Å². The van der Waals surface area contributed by atoms with Gasteiger partial charge in [0.15, 0.2) is 0 Å². The standard InChI is InChI=1S/C18H21N5O/c1-23(2)10-9-20-16-11-15(14-7-8-21-18(14)22-16)12-3-5-13(6-4-12)17(19)24/h3-8,11H,9-10H2,1-2H3,(H2,19,24)(H2,20,21,22). The molecular weight excluding hydrogens is 302 g/mol. The van der Waals surface area contributed by atoms with Gasteiger partial charge < -0.3 is 20.9 Å². The van der Waals surface area contributed by atoms with Crippen LogP contribution in [0.1, 0.15) is 10.4 Å². The minimum Gasteiger partial charge on any atom is -0.369 e. The molecule has 2 heterocycles. The minimum atomic E-state index is -0.422. The molecule has 124 valence electrons. The Labute approximate surface area is 140 Å². The molecule has 1 amide bonds. The minimum absolute atomic E-state index is 0.422. The Hall–Kier alpha value is -2.86. The van der Waals surface area contributed by atoms with E-state index < -0.39 is 5.91 Å². The Morgan fingerprint density at radius 3 is 2.67 bits per heavy atom. The van der Waals surface area contributed by atoms with Crippen LogP contribution in [0.25, 0.3) is 22.2 Å². The van der Waals surface area contributed by atoms with Crippen LogP contribution in [0.2, 0.25) is 0 Å². The van der Waals surface area contributed by atoms with Crippen molar-refractivity contribution >= 4 is 22.8 Å². The van der Waals surface area contributed by atoms with Gasteiger partial charge in [-0.1, -0.05) is 12.1 Å². The number of primary amides is 1. The first-order valence-electron chi connectivity index (χ1n) is 7.81. The molecule has 6 heteroatoms. The highest BCUT2D eigenvalue weighted by Gasteiger charge is 2.10. The molecule has 0 aliphatic rings. The molecule has 3 rings (SSSR count). The SMILES string of the molecule is CN(C)CCNc1cc(-c2ccc(C(N)=O)cc2)c2cc[nH]c2n1. The molecule has 0 aliphatic carbocycles. The van der Waals surface area contributed by atoms with E-state index in [1.54, 1.807) is 12.1 Å². The summed E-state index contributed by atoms with van der Waals surface area (Å²) >= 11 is 0. The molecule has 24 heavy (non-hydrogen) atoms. The summed E-state index contributed by atoms with van der Waals surface area (Å²) < 4.78 is 0. The number of aromatic amines is 1. The number of amides is 1. The number of nitrogens with two attached hydrogens (primary N) is 1. The van der Waals surface area contributed by atoms with Crippen LogP contribution in [-0.4, -0.2) is 48.0 Å². The monoisotopic (exact) mass is 323 g/mol. The zero-order chi connectivity index (χ0) is 17.1. The fourth-order valence-electron chi connectivity index (χ4n) is 2.59. The molecule has 0 unspecified atom stereocenters. The van der Waals surface area contributed by atoms with Crippen LogP contribution < -0.4 is 11.1 Å². The molecule has 0 saturated heterocycles. The predicted octanol–water partition coefficient (Wildman–Crippen LogP) is 2.30. The number of rotatable bonds is 6. The van der Waals surface area contributed by atoms with E-state index in [1.165, 1.54) is 0 Å². The molecule has 0 fully saturated rings. The number of nitrogens with zero attached hydrogens (tertiary/aromatic N) is 2. The van der Waals surface area contributed by atoms with E-state index in [0.29, 0.717) is 5.56 Å². The van der Waals surface area contributed by atoms with Crippen LogP contribution in [0, 0.1) is 0 Å². The fraction of sp³-hybridized carbons (Fsp3) is 0.222. The van der Waals surface area contributed by atoms with E-state index in [2.05, 4.69) is 20.2 Å². The zero-order valence-corrected chi connectivity index (χ0v) is 13.8. The molecule has 6 nitrogen and oxygen atoms in total. The molecule has 0 aliphatic heterocycles. The maximum Gasteiger partial charge on any atom is 0.248 e. The molecule has 3 aromatic rings. The Balaban J connectivity index is 1.96. The van der Waals surface area contributed by atoms with Gasteiger partial charge in [0.2, 0.25) is 5.91 Å². The van der Waals surface area contributed by atoms with Gasteiger partial charge in [-0.05, 0) is 49.5 Å². The van der Waals surface area contributed by atoms with Crippen molar-refractivity contribution in [2.45, 2.75) is 0 Å². The van der Waals surface area contributed by atoms with Crippen molar-refractivity contribution in [3.05, 3.63) is 48.2 Å². The van der Waals surface area contributed by atoms with E-state index in [1.807, 2.05) is 44.6 Å². The third-order valence-electron chi connectivity index (χ3n) is 3.87. The van der Waals surface area contributed by atoms with E-state index >= 15 is 0 Å². The first-order chi connectivity index (χ1) is 11.5. The smallest absolute Gasteiger partial charge is 0.248 e. The number of likely N-dealkylation sites (N-methyl/N-ethyl adjacent to an activating group) is 1. The topological polar surface area (TPSA) is 87.0 Å². The molecule has 0 atom stereocenters. The first kappa shape index (κ1) is 16.0. The zero-order valence-electron chi connectivity index (χ0n) is 13.8. The largest absolute Gasteiger partial charge is 0.369 e. The normalized spacial score (nSPS) is 11.1. The van der Waals surface area contributed by atoms with E-state index in [9.17, 15) is 4.79 Å². The lowest BCUT2D eigenvalue weighted by Crippen LogP contribution is -2.21. The van der Waals surface area contributed by atoms with Crippen molar-refractivity contribution in [1.29, 1.82) is 0 Å². The first-order valence-corrected chi connectivity index (χ1v) is 7.81. The maximum atomic E-state index is 11.2. The van der Waals surface area contributed by atoms with Gasteiger partial charge in [0, 0.05) is 30.2 Å². The average Bonchev–Trinajstić information content (AvgIpc) is 3.02. The number of fused-ring (bicyclic) bond motifs is 1. The Kier molecular flexibility index (Phi) is 4.48. The number of hydrogen-bond donors (Lipinski definition) is 3. The predicted molar refractivity (Wildman–Crippen MR) is 97.1 cm³/mol. The summed E-state index contributed by atoms with van der Waals surface area (Å²) in [5.74, 6) is 0.398. The van der Waals surface area contributed by atoms with Crippen LogP contribution in [0.3, 0.4) is 0 Å². The molecule has 0 bridgehead atoms. The van der Waals surface area contributed by atoms with Crippen molar-refractivity contribution < 1.29 is 4.79 Å². The number of H-pyrrole nitrogens is 1. The number of benzene rings is 1. The number of anilines is 1. The van der Waals surface area contributed by atoms with E-state index in [-0.39, 0.29) is 0 Å². The third kappa shape index (κ3) is 3.38. The molecule has 0 radical (unpaired) electrons. The highest BCUT2D eigenvalue weighted by molar-refractivity contribution is 5.96. The molecule has 2 aromatic heterocycles. The lowest BCUT2D eigenvalue weighted by molar-refractivity contribution is 0.100. The van der Waals surface area contributed by atoms with Gasteiger partial charge in [-0.25, -0.2) is 4.98 Å². The summed E-state index contributed by atoms with van der Waals surface area (Å²) in [6, 6.07) is 11.3. The van der Waals surface area contributed by atoms with Gasteiger partial charge in [-0.2, -0.15) is 0 Å². The fourth-order valence-corrected chi connectivity index (χ4v) is 2.59. The summed E-state index contributed by atoms with van der Waals surface area (Å²) in [5.41, 5.74) is 8.72. The van der Waals surface area contributed by atoms with Crippen molar-refractivity contribution in [2.75, 3.05) is 32.5 Å². The van der Waals surface area contributed by atoms with E-state index in [0.717, 1.165) is 41.1 Å². The van der Waals surface area contributed by atoms with Crippen LogP contribution in [0.5, 0.6) is 0 Å². The average molecular weight is 323 g/mol. The molecule has 0 spiro atoms. The second kappa shape index (κ2) is 6.72. The van der Waals surface area contributed by atoms with Crippen LogP contribution in [-0.2, 0) is 0 Å². The highest BCUT2D eigenvalue weighted by atomic mass is 16.1. The van der Waals surface area contributed by atoms with Gasteiger partial charge in [0.1, 0.15) is 11.5 Å². The maximum absolute atomic E-state index is 11.2. The number of nitrogens with one attached hydrogen (secondary N) is 2. The second-order valence-corrected chi connectivity index (χ2v) is 5.97. The Morgan fingerprint density at radius 2 is 2.00 bits per heavy atom. The number of carbonyl (C=O) groups is 1. The summed E-state index contributed by atoms with van der Waals surface area (Å²) in [6.45, 7) is 1.74. The summed E-state index contributed by atoms with van der Waals surface area (Å²) in [7, 11) is 4.07. The van der Waals surface area contributed by atoms with Crippen LogP contribution in [0.15, 0.2) is 42.6 Å². The Morgan fingerprint density at radius 1 is 1.25 bits per heavy atom. The van der Waals surface area contributed by atoms with Crippen molar-refractivity contribution in [1.82, 2.24) is 14.9 Å². The van der Waals surface area contributed by atoms with Crippen molar-refractivity contribution in [3.8, 4) is 11.1 Å². The quantitative estimate of drug-likeness (QED) is 0.649. The van der Waals surface area contributed by atoms with Gasteiger partial charge in [0.25, 0.3) is 0 Å². The highest BCUT2D eigenvalue weighted by Crippen LogP contribution is 2.30.